The highest BCUT2D eigenvalue weighted by Crippen LogP contribution is 2.49. The first-order valence-corrected chi connectivity index (χ1v) is 10.9. The van der Waals surface area contributed by atoms with Gasteiger partial charge in [0.1, 0.15) is 0 Å². The van der Waals surface area contributed by atoms with Gasteiger partial charge in [-0.3, -0.25) is 4.90 Å². The standard InChI is InChI=1S/C18H27ClN2O3S/c1-20(2)9-10-21(16-11-25(23,24)12-17(16)22)13-18(7-8-18)14-3-5-15(19)6-4-14/h3-6,16-17,22H,7-13H2,1-2H3. The number of sulfone groups is 1. The summed E-state index contributed by atoms with van der Waals surface area (Å²) in [4.78, 5) is 4.28. The zero-order valence-electron chi connectivity index (χ0n) is 14.9. The Labute approximate surface area is 155 Å². The van der Waals surface area contributed by atoms with Crippen molar-refractivity contribution in [2.75, 3.05) is 45.2 Å². The Bertz CT molecular complexity index is 702. The highest BCUT2D eigenvalue weighted by molar-refractivity contribution is 7.91. The van der Waals surface area contributed by atoms with E-state index in [9.17, 15) is 13.5 Å². The van der Waals surface area contributed by atoms with Gasteiger partial charge < -0.3 is 10.0 Å². The Morgan fingerprint density at radius 1 is 1.16 bits per heavy atom. The van der Waals surface area contributed by atoms with Gasteiger partial charge in [-0.1, -0.05) is 23.7 Å². The van der Waals surface area contributed by atoms with E-state index in [0.29, 0.717) is 0 Å². The molecule has 0 amide bonds. The summed E-state index contributed by atoms with van der Waals surface area (Å²) in [6.07, 6.45) is 1.37. The molecule has 25 heavy (non-hydrogen) atoms. The molecular weight excluding hydrogens is 360 g/mol. The molecule has 3 rings (SSSR count). The molecule has 0 bridgehead atoms. The maximum atomic E-state index is 12.0. The number of halogens is 1. The summed E-state index contributed by atoms with van der Waals surface area (Å²) in [7, 11) is 0.856. The van der Waals surface area contributed by atoms with Gasteiger partial charge in [0.05, 0.1) is 23.7 Å². The van der Waals surface area contributed by atoms with Crippen LogP contribution in [0.15, 0.2) is 24.3 Å². The van der Waals surface area contributed by atoms with Crippen LogP contribution >= 0.6 is 11.6 Å². The van der Waals surface area contributed by atoms with Crippen molar-refractivity contribution in [3.63, 3.8) is 0 Å². The van der Waals surface area contributed by atoms with E-state index >= 15 is 0 Å². The predicted octanol–water partition coefficient (Wildman–Crippen LogP) is 1.39. The second kappa shape index (κ2) is 7.16. The smallest absolute Gasteiger partial charge is 0.154 e. The van der Waals surface area contributed by atoms with E-state index in [1.807, 2.05) is 26.2 Å². The number of hydrogen-bond acceptors (Lipinski definition) is 5. The molecule has 0 spiro atoms. The van der Waals surface area contributed by atoms with Crippen molar-refractivity contribution in [2.24, 2.45) is 0 Å². The van der Waals surface area contributed by atoms with Crippen LogP contribution in [-0.4, -0.2) is 80.7 Å². The minimum atomic E-state index is -3.16. The average molecular weight is 387 g/mol. The monoisotopic (exact) mass is 386 g/mol. The van der Waals surface area contributed by atoms with Crippen LogP contribution in [0, 0.1) is 0 Å². The van der Waals surface area contributed by atoms with Crippen molar-refractivity contribution in [1.82, 2.24) is 9.80 Å². The summed E-state index contributed by atoms with van der Waals surface area (Å²) in [6, 6.07) is 7.66. The number of aliphatic hydroxyl groups is 1. The topological polar surface area (TPSA) is 60.9 Å². The van der Waals surface area contributed by atoms with E-state index in [2.05, 4.69) is 21.9 Å². The third-order valence-electron chi connectivity index (χ3n) is 5.41. The van der Waals surface area contributed by atoms with Crippen LogP contribution in [-0.2, 0) is 15.3 Å². The van der Waals surface area contributed by atoms with Crippen molar-refractivity contribution >= 4 is 21.4 Å². The Balaban J connectivity index is 1.79. The first-order chi connectivity index (χ1) is 11.7. The van der Waals surface area contributed by atoms with E-state index in [0.717, 1.165) is 37.5 Å². The van der Waals surface area contributed by atoms with Gasteiger partial charge in [0.2, 0.25) is 0 Å². The molecular formula is C18H27ClN2O3S. The number of aliphatic hydroxyl groups excluding tert-OH is 1. The first-order valence-electron chi connectivity index (χ1n) is 8.74. The fourth-order valence-corrected chi connectivity index (χ4v) is 5.69. The maximum Gasteiger partial charge on any atom is 0.154 e. The number of likely N-dealkylation sites (N-methyl/N-ethyl adjacent to an activating group) is 1. The lowest BCUT2D eigenvalue weighted by atomic mass is 9.94. The van der Waals surface area contributed by atoms with E-state index in [4.69, 9.17) is 11.6 Å². The molecule has 2 aliphatic rings. The molecule has 2 atom stereocenters. The summed E-state index contributed by atoms with van der Waals surface area (Å²) in [5.41, 5.74) is 1.31. The summed E-state index contributed by atoms with van der Waals surface area (Å²) >= 11 is 6.01. The van der Waals surface area contributed by atoms with Gasteiger partial charge in [0, 0.05) is 30.1 Å². The van der Waals surface area contributed by atoms with Crippen LogP contribution < -0.4 is 0 Å². The van der Waals surface area contributed by atoms with Gasteiger partial charge in [0.25, 0.3) is 0 Å². The molecule has 1 aliphatic carbocycles. The summed E-state index contributed by atoms with van der Waals surface area (Å²) in [5, 5.41) is 11.1. The number of nitrogens with zero attached hydrogens (tertiary/aromatic N) is 2. The molecule has 140 valence electrons. The summed E-state index contributed by atoms with van der Waals surface area (Å²) in [6.45, 7) is 2.36. The van der Waals surface area contributed by atoms with Crippen LogP contribution in [0.4, 0.5) is 0 Å². The zero-order valence-corrected chi connectivity index (χ0v) is 16.4. The van der Waals surface area contributed by atoms with Gasteiger partial charge >= 0.3 is 0 Å². The van der Waals surface area contributed by atoms with Crippen molar-refractivity contribution in [3.8, 4) is 0 Å². The minimum absolute atomic E-state index is 0.0539. The second-order valence-corrected chi connectivity index (χ2v) is 10.4. The van der Waals surface area contributed by atoms with Crippen LogP contribution in [0.25, 0.3) is 0 Å². The van der Waals surface area contributed by atoms with E-state index in [1.54, 1.807) is 0 Å². The molecule has 0 aromatic heterocycles. The lowest BCUT2D eigenvalue weighted by Gasteiger charge is -2.34. The molecule has 2 fully saturated rings. The van der Waals surface area contributed by atoms with Crippen molar-refractivity contribution < 1.29 is 13.5 Å². The van der Waals surface area contributed by atoms with Crippen LogP contribution in [0.1, 0.15) is 18.4 Å². The van der Waals surface area contributed by atoms with E-state index in [-0.39, 0.29) is 23.0 Å². The molecule has 1 saturated carbocycles. The molecule has 1 saturated heterocycles. The van der Waals surface area contributed by atoms with Gasteiger partial charge in [-0.25, -0.2) is 8.42 Å². The first kappa shape index (κ1) is 19.1. The maximum absolute atomic E-state index is 12.0. The normalized spacial score (nSPS) is 27.1. The largest absolute Gasteiger partial charge is 0.390 e. The quantitative estimate of drug-likeness (QED) is 0.767. The van der Waals surface area contributed by atoms with Crippen LogP contribution in [0.2, 0.25) is 5.02 Å². The lowest BCUT2D eigenvalue weighted by Crippen LogP contribution is -2.49. The highest BCUT2D eigenvalue weighted by Gasteiger charge is 2.48. The molecule has 1 aromatic rings. The Morgan fingerprint density at radius 2 is 1.80 bits per heavy atom. The average Bonchev–Trinajstić information content (AvgIpc) is 3.24. The van der Waals surface area contributed by atoms with Gasteiger partial charge in [-0.05, 0) is 44.6 Å². The molecule has 1 aliphatic heterocycles. The fourth-order valence-electron chi connectivity index (χ4n) is 3.73. The number of hydrogen-bond donors (Lipinski definition) is 1. The molecule has 1 N–H and O–H groups in total. The van der Waals surface area contributed by atoms with Crippen molar-refractivity contribution in [3.05, 3.63) is 34.9 Å². The summed E-state index contributed by atoms with van der Waals surface area (Å²) < 4.78 is 23.9. The molecule has 0 radical (unpaired) electrons. The predicted molar refractivity (Wildman–Crippen MR) is 101 cm³/mol. The SMILES string of the molecule is CN(C)CCN(CC1(c2ccc(Cl)cc2)CC1)C1CS(=O)(=O)CC1O. The van der Waals surface area contributed by atoms with E-state index in [1.165, 1.54) is 5.56 Å². The third kappa shape index (κ3) is 4.55. The van der Waals surface area contributed by atoms with Gasteiger partial charge in [-0.15, -0.1) is 0 Å². The second-order valence-electron chi connectivity index (χ2n) is 7.77. The number of rotatable bonds is 7. The lowest BCUT2D eigenvalue weighted by molar-refractivity contribution is 0.0720. The minimum Gasteiger partial charge on any atom is -0.390 e. The zero-order chi connectivity index (χ0) is 18.2. The van der Waals surface area contributed by atoms with Crippen molar-refractivity contribution in [2.45, 2.75) is 30.4 Å². The van der Waals surface area contributed by atoms with Gasteiger partial charge in [0.15, 0.2) is 9.84 Å². The fraction of sp³-hybridized carbons (Fsp3) is 0.667. The van der Waals surface area contributed by atoms with Crippen LogP contribution in [0.3, 0.4) is 0 Å². The summed E-state index contributed by atoms with van der Waals surface area (Å²) in [5.74, 6) is -0.0671. The molecule has 2 unspecified atom stereocenters. The van der Waals surface area contributed by atoms with Gasteiger partial charge in [-0.2, -0.15) is 0 Å². The Morgan fingerprint density at radius 3 is 2.28 bits per heavy atom. The Kier molecular flexibility index (Phi) is 5.47. The molecule has 5 nitrogen and oxygen atoms in total. The third-order valence-corrected chi connectivity index (χ3v) is 7.36. The van der Waals surface area contributed by atoms with Crippen molar-refractivity contribution in [1.29, 1.82) is 0 Å². The highest BCUT2D eigenvalue weighted by atomic mass is 35.5. The molecule has 1 aromatic carbocycles. The molecule has 7 heteroatoms. The molecule has 1 heterocycles. The van der Waals surface area contributed by atoms with Crippen LogP contribution in [0.5, 0.6) is 0 Å². The van der Waals surface area contributed by atoms with E-state index < -0.39 is 15.9 Å². The number of benzene rings is 1. The Hall–Kier alpha value is -0.660.